The van der Waals surface area contributed by atoms with Crippen LogP contribution in [0.5, 0.6) is 5.88 Å². The first-order valence-electron chi connectivity index (χ1n) is 8.51. The Kier molecular flexibility index (Phi) is 5.91. The molecule has 0 saturated carbocycles. The van der Waals surface area contributed by atoms with Crippen LogP contribution in [0.2, 0.25) is 0 Å². The molecule has 150 valence electrons. The van der Waals surface area contributed by atoms with Crippen molar-refractivity contribution in [3.63, 3.8) is 0 Å². The molecule has 29 heavy (non-hydrogen) atoms. The average molecular weight is 413 g/mol. The molecule has 0 N–H and O–H groups in total. The molecule has 9 nitrogen and oxygen atoms in total. The molecule has 0 radical (unpaired) electrons. The number of benzene rings is 1. The van der Waals surface area contributed by atoms with Gasteiger partial charge in [0.1, 0.15) is 5.75 Å². The van der Waals surface area contributed by atoms with Crippen LogP contribution in [0.3, 0.4) is 0 Å². The fourth-order valence-corrected chi connectivity index (χ4v) is 3.37. The number of rotatable bonds is 7. The van der Waals surface area contributed by atoms with Crippen LogP contribution in [0.4, 0.5) is 0 Å². The van der Waals surface area contributed by atoms with Gasteiger partial charge in [-0.25, -0.2) is 23.1 Å². The van der Waals surface area contributed by atoms with E-state index in [4.69, 9.17) is 9.47 Å². The lowest BCUT2D eigenvalue weighted by Gasteiger charge is -2.11. The molecule has 0 unspecified atom stereocenters. The van der Waals surface area contributed by atoms with Crippen molar-refractivity contribution < 1.29 is 17.9 Å². The maximum Gasteiger partial charge on any atom is 0.224 e. The summed E-state index contributed by atoms with van der Waals surface area (Å²) in [4.78, 5) is 8.73. The molecule has 0 saturated heterocycles. The first-order chi connectivity index (χ1) is 13.8. The summed E-state index contributed by atoms with van der Waals surface area (Å²) in [5.74, 6) is 0.462. The van der Waals surface area contributed by atoms with Crippen molar-refractivity contribution in [1.29, 1.82) is 5.26 Å². The van der Waals surface area contributed by atoms with Gasteiger partial charge in [-0.2, -0.15) is 5.26 Å². The Morgan fingerprint density at radius 2 is 2.03 bits per heavy atom. The summed E-state index contributed by atoms with van der Waals surface area (Å²) in [6.07, 6.45) is 2.74. The molecule has 1 aromatic carbocycles. The summed E-state index contributed by atoms with van der Waals surface area (Å²) in [6, 6.07) is 10.7. The van der Waals surface area contributed by atoms with Gasteiger partial charge in [0.2, 0.25) is 5.88 Å². The first kappa shape index (κ1) is 20.4. The molecule has 3 rings (SSSR count). The van der Waals surface area contributed by atoms with E-state index >= 15 is 0 Å². The number of methoxy groups -OCH3 is 2. The van der Waals surface area contributed by atoms with Crippen LogP contribution in [0.25, 0.3) is 17.1 Å². The third-order valence-electron chi connectivity index (χ3n) is 3.92. The van der Waals surface area contributed by atoms with Crippen LogP contribution in [-0.4, -0.2) is 48.6 Å². The number of aromatic nitrogens is 4. The largest absolute Gasteiger partial charge is 0.480 e. The quantitative estimate of drug-likeness (QED) is 0.576. The average Bonchev–Trinajstić information content (AvgIpc) is 3.10. The van der Waals surface area contributed by atoms with Crippen LogP contribution in [0, 0.1) is 11.3 Å². The molecule has 0 bridgehead atoms. The van der Waals surface area contributed by atoms with E-state index in [2.05, 4.69) is 21.1 Å². The van der Waals surface area contributed by atoms with Crippen molar-refractivity contribution in [3.05, 3.63) is 53.5 Å². The predicted molar refractivity (Wildman–Crippen MR) is 105 cm³/mol. The van der Waals surface area contributed by atoms with Crippen LogP contribution >= 0.6 is 0 Å². The highest BCUT2D eigenvalue weighted by atomic mass is 32.2. The fraction of sp³-hybridized carbons (Fsp3) is 0.263. The molecule has 0 aliphatic rings. The second kappa shape index (κ2) is 8.38. The SMILES string of the molecule is COCc1cnc(OC)c(-c2nc(CS(C)(=O)=O)nn2-c2cccc(C#N)c2)c1. The fourth-order valence-electron chi connectivity index (χ4n) is 2.78. The summed E-state index contributed by atoms with van der Waals surface area (Å²) in [5.41, 5.74) is 2.31. The zero-order valence-corrected chi connectivity index (χ0v) is 17.0. The molecular formula is C19H19N5O4S. The van der Waals surface area contributed by atoms with E-state index in [1.807, 2.05) is 0 Å². The van der Waals surface area contributed by atoms with Gasteiger partial charge in [0.05, 0.1) is 36.6 Å². The maximum atomic E-state index is 11.8. The van der Waals surface area contributed by atoms with Crippen molar-refractivity contribution in [2.45, 2.75) is 12.4 Å². The smallest absolute Gasteiger partial charge is 0.224 e. The van der Waals surface area contributed by atoms with Gasteiger partial charge < -0.3 is 9.47 Å². The third-order valence-corrected chi connectivity index (χ3v) is 4.70. The highest BCUT2D eigenvalue weighted by Gasteiger charge is 2.21. The molecule has 0 atom stereocenters. The van der Waals surface area contributed by atoms with Gasteiger partial charge in [-0.05, 0) is 29.8 Å². The number of sulfone groups is 1. The lowest BCUT2D eigenvalue weighted by atomic mass is 10.1. The van der Waals surface area contributed by atoms with E-state index in [-0.39, 0.29) is 11.6 Å². The standard InChI is InChI=1S/C19H19N5O4S/c1-27-11-14-8-16(19(28-2)21-10-14)18-22-17(12-29(3,25)26)23-24(18)15-6-4-5-13(7-15)9-20/h4-8,10H,11-12H2,1-3H3. The molecule has 2 aromatic heterocycles. The van der Waals surface area contributed by atoms with E-state index in [0.717, 1.165) is 11.8 Å². The van der Waals surface area contributed by atoms with Crippen molar-refractivity contribution in [2.75, 3.05) is 20.5 Å². The second-order valence-electron chi connectivity index (χ2n) is 6.33. The van der Waals surface area contributed by atoms with Crippen LogP contribution in [-0.2, 0) is 26.9 Å². The number of ether oxygens (including phenoxy) is 2. The number of nitriles is 1. The van der Waals surface area contributed by atoms with Crippen LogP contribution < -0.4 is 4.74 Å². The Morgan fingerprint density at radius 3 is 2.69 bits per heavy atom. The Morgan fingerprint density at radius 1 is 1.24 bits per heavy atom. The van der Waals surface area contributed by atoms with Gasteiger partial charge in [0.15, 0.2) is 21.5 Å². The first-order valence-corrected chi connectivity index (χ1v) is 10.6. The Bertz CT molecular complexity index is 1180. The number of pyridine rings is 1. The van der Waals surface area contributed by atoms with Crippen LogP contribution in [0.15, 0.2) is 36.5 Å². The zero-order chi connectivity index (χ0) is 21.0. The monoisotopic (exact) mass is 413 g/mol. The number of hydrogen-bond donors (Lipinski definition) is 0. The van der Waals surface area contributed by atoms with E-state index in [9.17, 15) is 13.7 Å². The minimum atomic E-state index is -3.35. The summed E-state index contributed by atoms with van der Waals surface area (Å²) in [6.45, 7) is 0.332. The normalized spacial score (nSPS) is 11.2. The summed E-state index contributed by atoms with van der Waals surface area (Å²) in [5, 5.41) is 13.6. The van der Waals surface area contributed by atoms with E-state index in [1.165, 1.54) is 11.8 Å². The van der Waals surface area contributed by atoms with Gasteiger partial charge in [-0.3, -0.25) is 0 Å². The third kappa shape index (κ3) is 4.77. The van der Waals surface area contributed by atoms with E-state index in [1.54, 1.807) is 43.6 Å². The van der Waals surface area contributed by atoms with Crippen molar-refractivity contribution in [1.82, 2.24) is 19.7 Å². The summed E-state index contributed by atoms with van der Waals surface area (Å²) in [7, 11) is -0.292. The minimum absolute atomic E-state index is 0.129. The topological polar surface area (TPSA) is 120 Å². The van der Waals surface area contributed by atoms with Gasteiger partial charge in [0.25, 0.3) is 0 Å². The molecule has 0 aliphatic heterocycles. The van der Waals surface area contributed by atoms with E-state index < -0.39 is 9.84 Å². The molecule has 0 spiro atoms. The van der Waals surface area contributed by atoms with Gasteiger partial charge >= 0.3 is 0 Å². The van der Waals surface area contributed by atoms with Gasteiger partial charge in [0, 0.05) is 19.6 Å². The molecule has 10 heteroatoms. The summed E-state index contributed by atoms with van der Waals surface area (Å²) >= 11 is 0. The van der Waals surface area contributed by atoms with Crippen LogP contribution in [0.1, 0.15) is 17.0 Å². The Balaban J connectivity index is 2.24. The summed E-state index contributed by atoms with van der Waals surface area (Å²) < 4.78 is 35.6. The Labute approximate surface area is 168 Å². The highest BCUT2D eigenvalue weighted by Crippen LogP contribution is 2.30. The zero-order valence-electron chi connectivity index (χ0n) is 16.2. The second-order valence-corrected chi connectivity index (χ2v) is 8.47. The minimum Gasteiger partial charge on any atom is -0.480 e. The van der Waals surface area contributed by atoms with Gasteiger partial charge in [-0.15, -0.1) is 5.10 Å². The highest BCUT2D eigenvalue weighted by molar-refractivity contribution is 7.89. The Hall–Kier alpha value is -3.29. The van der Waals surface area contributed by atoms with Crippen molar-refractivity contribution in [2.24, 2.45) is 0 Å². The molecule has 3 aromatic rings. The molecule has 0 fully saturated rings. The predicted octanol–water partition coefficient (Wildman–Crippen LogP) is 1.90. The maximum absolute atomic E-state index is 11.8. The number of hydrogen-bond acceptors (Lipinski definition) is 8. The van der Waals surface area contributed by atoms with Crippen molar-refractivity contribution in [3.8, 4) is 29.0 Å². The molecule has 0 aliphatic carbocycles. The number of nitrogens with zero attached hydrogens (tertiary/aromatic N) is 5. The molecule has 2 heterocycles. The lowest BCUT2D eigenvalue weighted by molar-refractivity contribution is 0.184. The van der Waals surface area contributed by atoms with Gasteiger partial charge in [-0.1, -0.05) is 6.07 Å². The van der Waals surface area contributed by atoms with Crippen molar-refractivity contribution >= 4 is 9.84 Å². The lowest BCUT2D eigenvalue weighted by Crippen LogP contribution is -2.04. The molecule has 0 amide bonds. The molecular weight excluding hydrogens is 394 g/mol. The van der Waals surface area contributed by atoms with E-state index in [0.29, 0.717) is 35.1 Å².